The third-order valence-electron chi connectivity index (χ3n) is 5.28. The molecule has 4 aromatic rings. The van der Waals surface area contributed by atoms with E-state index in [0.717, 1.165) is 22.0 Å². The Morgan fingerprint density at radius 2 is 1.67 bits per heavy atom. The van der Waals surface area contributed by atoms with Gasteiger partial charge in [0.15, 0.2) is 0 Å². The number of hydrogen-bond acceptors (Lipinski definition) is 4. The summed E-state index contributed by atoms with van der Waals surface area (Å²) in [5.74, 6) is -1.28. The number of benzene rings is 2. The van der Waals surface area contributed by atoms with Gasteiger partial charge in [0, 0.05) is 18.1 Å². The fraction of sp³-hybridized carbons (Fsp3) is 0.208. The van der Waals surface area contributed by atoms with Crippen molar-refractivity contribution in [3.63, 3.8) is 0 Å². The number of rotatable bonds is 6. The highest BCUT2D eigenvalue weighted by Crippen LogP contribution is 2.33. The van der Waals surface area contributed by atoms with Gasteiger partial charge in [-0.2, -0.15) is 17.5 Å². The highest BCUT2D eigenvalue weighted by Gasteiger charge is 2.36. The zero-order valence-electron chi connectivity index (χ0n) is 17.9. The minimum Gasteiger partial charge on any atom is -0.455 e. The van der Waals surface area contributed by atoms with E-state index >= 15 is 0 Å². The number of alkyl halides is 3. The summed E-state index contributed by atoms with van der Waals surface area (Å²) in [4.78, 5) is 4.30. The summed E-state index contributed by atoms with van der Waals surface area (Å²) in [7, 11) is -4.16. The number of aryl methyl sites for hydroxylation is 2. The van der Waals surface area contributed by atoms with E-state index in [1.807, 2.05) is 19.1 Å². The van der Waals surface area contributed by atoms with E-state index in [-0.39, 0.29) is 23.7 Å². The molecule has 0 bridgehead atoms. The van der Waals surface area contributed by atoms with Crippen molar-refractivity contribution < 1.29 is 26.0 Å². The topological polar surface area (TPSA) is 63.4 Å². The Labute approximate surface area is 189 Å². The summed E-state index contributed by atoms with van der Waals surface area (Å²) in [5.41, 5.74) is 2.49. The highest BCUT2D eigenvalue weighted by atomic mass is 32.2. The second-order valence-corrected chi connectivity index (χ2v) is 9.68. The molecular formula is C24H21F3N2O3S. The van der Waals surface area contributed by atoms with E-state index in [2.05, 4.69) is 4.98 Å². The summed E-state index contributed by atoms with van der Waals surface area (Å²) < 4.78 is 72.8. The SMILES string of the molecule is Cc1ccc(CN(Cc2ccc(C(F)(F)F)o2)S(=O)(=O)c2c(C)ccc3cccnc23)cc1. The maximum absolute atomic E-state index is 13.9. The highest BCUT2D eigenvalue weighted by molar-refractivity contribution is 7.89. The standard InChI is InChI=1S/C24H21F3N2O3S/c1-16-5-8-18(9-6-16)14-29(15-20-11-12-21(32-20)24(25,26)27)33(30,31)23-17(2)7-10-19-4-3-13-28-22(19)23/h3-13H,14-15H2,1-2H3. The van der Waals surface area contributed by atoms with E-state index in [1.165, 1.54) is 6.20 Å². The minimum absolute atomic E-state index is 0.0234. The number of sulfonamides is 1. The predicted molar refractivity (Wildman–Crippen MR) is 118 cm³/mol. The quantitative estimate of drug-likeness (QED) is 0.351. The van der Waals surface area contributed by atoms with Gasteiger partial charge in [-0.15, -0.1) is 0 Å². The molecule has 2 aromatic carbocycles. The van der Waals surface area contributed by atoms with E-state index in [0.29, 0.717) is 22.0 Å². The number of nitrogens with zero attached hydrogens (tertiary/aromatic N) is 2. The molecule has 0 aliphatic rings. The van der Waals surface area contributed by atoms with Crippen molar-refractivity contribution in [2.24, 2.45) is 0 Å². The first-order chi connectivity index (χ1) is 15.6. The molecule has 0 radical (unpaired) electrons. The lowest BCUT2D eigenvalue weighted by molar-refractivity contribution is -0.153. The maximum atomic E-state index is 13.9. The number of halogens is 3. The second-order valence-electron chi connectivity index (χ2n) is 7.81. The van der Waals surface area contributed by atoms with Crippen LogP contribution in [0.5, 0.6) is 0 Å². The molecular weight excluding hydrogens is 453 g/mol. The largest absolute Gasteiger partial charge is 0.455 e. The first-order valence-electron chi connectivity index (χ1n) is 10.1. The second kappa shape index (κ2) is 8.64. The van der Waals surface area contributed by atoms with Gasteiger partial charge in [-0.1, -0.05) is 48.0 Å². The summed E-state index contributed by atoms with van der Waals surface area (Å²) in [6.45, 7) is 3.16. The van der Waals surface area contributed by atoms with Crippen molar-refractivity contribution in [1.82, 2.24) is 9.29 Å². The molecule has 2 heterocycles. The molecule has 0 unspecified atom stereocenters. The minimum atomic E-state index is -4.66. The number of furan rings is 1. The van der Waals surface area contributed by atoms with E-state index in [1.54, 1.807) is 43.3 Å². The van der Waals surface area contributed by atoms with Gasteiger partial charge in [-0.05, 0) is 43.2 Å². The van der Waals surface area contributed by atoms with Crippen LogP contribution in [0.4, 0.5) is 13.2 Å². The van der Waals surface area contributed by atoms with Gasteiger partial charge in [0.1, 0.15) is 10.7 Å². The summed E-state index contributed by atoms with van der Waals surface area (Å²) in [6.07, 6.45) is -3.15. The Hall–Kier alpha value is -3.17. The van der Waals surface area contributed by atoms with E-state index < -0.39 is 22.0 Å². The first-order valence-corrected chi connectivity index (χ1v) is 11.6. The van der Waals surface area contributed by atoms with Crippen molar-refractivity contribution in [2.75, 3.05) is 0 Å². The summed E-state index contributed by atoms with van der Waals surface area (Å²) >= 11 is 0. The van der Waals surface area contributed by atoms with Gasteiger partial charge in [0.05, 0.1) is 12.1 Å². The van der Waals surface area contributed by atoms with Gasteiger partial charge in [0.25, 0.3) is 0 Å². The lowest BCUT2D eigenvalue weighted by Crippen LogP contribution is -2.31. The van der Waals surface area contributed by atoms with Crippen molar-refractivity contribution in [3.8, 4) is 0 Å². The lowest BCUT2D eigenvalue weighted by atomic mass is 10.1. The molecule has 9 heteroatoms. The number of aromatic nitrogens is 1. The predicted octanol–water partition coefficient (Wildman–Crippen LogP) is 5.85. The zero-order valence-corrected chi connectivity index (χ0v) is 18.7. The molecule has 0 fully saturated rings. The van der Waals surface area contributed by atoms with Crippen LogP contribution in [0.25, 0.3) is 10.9 Å². The molecule has 5 nitrogen and oxygen atoms in total. The first kappa shape index (κ1) is 23.0. The molecule has 0 aliphatic heterocycles. The van der Waals surface area contributed by atoms with E-state index in [4.69, 9.17) is 4.42 Å². The molecule has 4 rings (SSSR count). The van der Waals surface area contributed by atoms with Crippen molar-refractivity contribution in [1.29, 1.82) is 0 Å². The maximum Gasteiger partial charge on any atom is 0.449 e. The fourth-order valence-corrected chi connectivity index (χ4v) is 5.35. The number of pyridine rings is 1. The number of hydrogen-bond donors (Lipinski definition) is 0. The normalized spacial score (nSPS) is 12.5. The van der Waals surface area contributed by atoms with Crippen LogP contribution in [0.1, 0.15) is 28.2 Å². The van der Waals surface area contributed by atoms with Crippen molar-refractivity contribution in [3.05, 3.63) is 95.1 Å². The van der Waals surface area contributed by atoms with Crippen LogP contribution in [0, 0.1) is 13.8 Å². The molecule has 0 aliphatic carbocycles. The molecule has 0 amide bonds. The van der Waals surface area contributed by atoms with Crippen LogP contribution >= 0.6 is 0 Å². The lowest BCUT2D eigenvalue weighted by Gasteiger charge is -2.23. The molecule has 0 saturated heterocycles. The Morgan fingerprint density at radius 3 is 2.33 bits per heavy atom. The zero-order chi connectivity index (χ0) is 23.8. The molecule has 0 spiro atoms. The van der Waals surface area contributed by atoms with Gasteiger partial charge >= 0.3 is 6.18 Å². The molecule has 0 saturated carbocycles. The van der Waals surface area contributed by atoms with Crippen LogP contribution in [-0.4, -0.2) is 17.7 Å². The Balaban J connectivity index is 1.81. The molecule has 2 aromatic heterocycles. The Bertz CT molecular complexity index is 1390. The van der Waals surface area contributed by atoms with E-state index in [9.17, 15) is 21.6 Å². The third kappa shape index (κ3) is 4.79. The van der Waals surface area contributed by atoms with Gasteiger partial charge in [-0.3, -0.25) is 4.98 Å². The monoisotopic (exact) mass is 474 g/mol. The molecule has 0 atom stereocenters. The molecule has 33 heavy (non-hydrogen) atoms. The van der Waals surface area contributed by atoms with Gasteiger partial charge in [0.2, 0.25) is 15.8 Å². The van der Waals surface area contributed by atoms with Crippen LogP contribution in [0.3, 0.4) is 0 Å². The van der Waals surface area contributed by atoms with Crippen molar-refractivity contribution >= 4 is 20.9 Å². The van der Waals surface area contributed by atoms with Crippen LogP contribution < -0.4 is 0 Å². The molecule has 0 N–H and O–H groups in total. The summed E-state index contributed by atoms with van der Waals surface area (Å²) in [5, 5.41) is 0.648. The smallest absolute Gasteiger partial charge is 0.449 e. The Morgan fingerprint density at radius 1 is 0.939 bits per heavy atom. The average molecular weight is 475 g/mol. The van der Waals surface area contributed by atoms with Gasteiger partial charge < -0.3 is 4.42 Å². The Kier molecular flexibility index (Phi) is 6.02. The third-order valence-corrected chi connectivity index (χ3v) is 7.24. The van der Waals surface area contributed by atoms with Crippen LogP contribution in [0.15, 0.2) is 76.2 Å². The van der Waals surface area contributed by atoms with Crippen LogP contribution in [-0.2, 0) is 29.3 Å². The van der Waals surface area contributed by atoms with Gasteiger partial charge in [-0.25, -0.2) is 8.42 Å². The van der Waals surface area contributed by atoms with Crippen LogP contribution in [0.2, 0.25) is 0 Å². The summed E-state index contributed by atoms with van der Waals surface area (Å²) in [6, 6.07) is 16.2. The fourth-order valence-electron chi connectivity index (χ4n) is 3.59. The number of fused-ring (bicyclic) bond motifs is 1. The van der Waals surface area contributed by atoms with Crippen molar-refractivity contribution in [2.45, 2.75) is 38.0 Å². The average Bonchev–Trinajstić information content (AvgIpc) is 3.24. The molecule has 172 valence electrons.